The smallest absolute Gasteiger partial charge is 0.237 e. The first-order valence-corrected chi connectivity index (χ1v) is 11.1. The zero-order valence-electron chi connectivity index (χ0n) is 16.1. The molecule has 1 saturated heterocycles. The van der Waals surface area contributed by atoms with Gasteiger partial charge in [0.15, 0.2) is 11.5 Å². The molecule has 0 radical (unpaired) electrons. The van der Waals surface area contributed by atoms with E-state index >= 15 is 0 Å². The number of hydrogen-bond acceptors (Lipinski definition) is 7. The number of morpholine rings is 1. The number of nitrogens with zero attached hydrogens (tertiary/aromatic N) is 6. The van der Waals surface area contributed by atoms with Crippen molar-refractivity contribution in [3.63, 3.8) is 0 Å². The molecule has 1 atom stereocenters. The average Bonchev–Trinajstić information content (AvgIpc) is 3.33. The maximum atomic E-state index is 12.3. The van der Waals surface area contributed by atoms with Crippen LogP contribution in [0, 0.1) is 0 Å². The normalized spacial score (nSPS) is 18.0. The Kier molecular flexibility index (Phi) is 4.07. The summed E-state index contributed by atoms with van der Waals surface area (Å²) in [6, 6.07) is 5.66. The summed E-state index contributed by atoms with van der Waals surface area (Å²) in [5, 5.41) is 0.705. The Morgan fingerprint density at radius 3 is 2.83 bits per heavy atom. The van der Waals surface area contributed by atoms with E-state index in [1.807, 2.05) is 28.9 Å². The Morgan fingerprint density at radius 1 is 1.17 bits per heavy atom. The molecule has 150 valence electrons. The van der Waals surface area contributed by atoms with Gasteiger partial charge in [-0.2, -0.15) is 0 Å². The Morgan fingerprint density at radius 2 is 2.03 bits per heavy atom. The summed E-state index contributed by atoms with van der Waals surface area (Å²) < 4.78 is 33.3. The third-order valence-corrected chi connectivity index (χ3v) is 6.14. The van der Waals surface area contributed by atoms with Gasteiger partial charge in [-0.15, -0.1) is 0 Å². The first-order valence-electron chi connectivity index (χ1n) is 9.29. The minimum absolute atomic E-state index is 0.118. The molecule has 1 aliphatic rings. The predicted molar refractivity (Wildman–Crippen MR) is 110 cm³/mol. The van der Waals surface area contributed by atoms with Crippen LogP contribution in [0.1, 0.15) is 6.92 Å². The van der Waals surface area contributed by atoms with E-state index < -0.39 is 10.0 Å². The van der Waals surface area contributed by atoms with Gasteiger partial charge in [-0.1, -0.05) is 0 Å². The summed E-state index contributed by atoms with van der Waals surface area (Å²) in [6.07, 6.45) is 8.17. The second-order valence-corrected chi connectivity index (χ2v) is 9.07. The molecule has 0 aromatic carbocycles. The first-order chi connectivity index (χ1) is 13.9. The van der Waals surface area contributed by atoms with Crippen LogP contribution in [0.2, 0.25) is 0 Å². The second-order valence-electron chi connectivity index (χ2n) is 7.21. The molecule has 29 heavy (non-hydrogen) atoms. The van der Waals surface area contributed by atoms with Gasteiger partial charge in [0.2, 0.25) is 10.0 Å². The van der Waals surface area contributed by atoms with Crippen LogP contribution in [-0.2, 0) is 14.8 Å². The van der Waals surface area contributed by atoms with Crippen molar-refractivity contribution in [2.24, 2.45) is 0 Å². The molecule has 10 heteroatoms. The summed E-state index contributed by atoms with van der Waals surface area (Å²) in [5.74, 6) is 1.18. The number of hydrogen-bond donors (Lipinski definition) is 0. The summed E-state index contributed by atoms with van der Waals surface area (Å²) in [6.45, 7) is 3.93. The lowest BCUT2D eigenvalue weighted by molar-refractivity contribution is 0.0987. The van der Waals surface area contributed by atoms with E-state index in [2.05, 4.69) is 21.8 Å². The van der Waals surface area contributed by atoms with Crippen LogP contribution in [0.4, 0.5) is 5.82 Å². The Bertz CT molecular complexity index is 1330. The lowest BCUT2D eigenvalue weighted by Crippen LogP contribution is -2.44. The van der Waals surface area contributed by atoms with Crippen LogP contribution in [-0.4, -0.2) is 63.8 Å². The molecule has 0 unspecified atom stereocenters. The third-order valence-electron chi connectivity index (χ3n) is 5.13. The van der Waals surface area contributed by atoms with Crippen molar-refractivity contribution >= 4 is 32.5 Å². The highest BCUT2D eigenvalue weighted by Crippen LogP contribution is 2.31. The lowest BCUT2D eigenvalue weighted by atomic mass is 10.2. The van der Waals surface area contributed by atoms with Gasteiger partial charge < -0.3 is 14.0 Å². The molecule has 1 aliphatic heterocycles. The minimum atomic E-state index is -3.50. The lowest BCUT2D eigenvalue weighted by Gasteiger charge is -2.34. The van der Waals surface area contributed by atoms with Crippen LogP contribution < -0.4 is 4.90 Å². The van der Waals surface area contributed by atoms with Gasteiger partial charge in [0.1, 0.15) is 11.5 Å². The Hall–Kier alpha value is -2.98. The largest absolute Gasteiger partial charge is 0.377 e. The van der Waals surface area contributed by atoms with Crippen molar-refractivity contribution < 1.29 is 13.2 Å². The highest BCUT2D eigenvalue weighted by Gasteiger charge is 2.25. The second kappa shape index (κ2) is 6.53. The maximum Gasteiger partial charge on any atom is 0.237 e. The standard InChI is InChI=1S/C19H20N6O3S/c1-13-12-28-10-9-24(13)18-15-5-7-25(29(2,26)27)19(15)22-17(21-18)14-3-4-16-20-6-8-23(16)11-14/h3-8,11,13H,9-10,12H2,1-2H3/t13-/m1/s1. The maximum absolute atomic E-state index is 12.3. The zero-order chi connectivity index (χ0) is 20.2. The Labute approximate surface area is 167 Å². The number of rotatable bonds is 3. The van der Waals surface area contributed by atoms with Crippen molar-refractivity contribution in [3.05, 3.63) is 43.0 Å². The topological polar surface area (TPSA) is 94.6 Å². The number of aromatic nitrogens is 5. The van der Waals surface area contributed by atoms with Gasteiger partial charge in [-0.3, -0.25) is 0 Å². The molecule has 4 aromatic heterocycles. The van der Waals surface area contributed by atoms with E-state index in [4.69, 9.17) is 9.72 Å². The van der Waals surface area contributed by atoms with E-state index in [0.717, 1.165) is 11.2 Å². The van der Waals surface area contributed by atoms with Crippen molar-refractivity contribution in [1.82, 2.24) is 23.3 Å². The molecule has 9 nitrogen and oxygen atoms in total. The van der Waals surface area contributed by atoms with Crippen LogP contribution in [0.3, 0.4) is 0 Å². The van der Waals surface area contributed by atoms with Crippen molar-refractivity contribution in [2.75, 3.05) is 30.9 Å². The van der Waals surface area contributed by atoms with Crippen LogP contribution in [0.5, 0.6) is 0 Å². The number of imidazole rings is 1. The van der Waals surface area contributed by atoms with Gasteiger partial charge in [0.05, 0.1) is 30.9 Å². The molecule has 0 N–H and O–H groups in total. The number of ether oxygens (including phenoxy) is 1. The quantitative estimate of drug-likeness (QED) is 0.506. The molecule has 0 spiro atoms. The molecular weight excluding hydrogens is 392 g/mol. The van der Waals surface area contributed by atoms with Gasteiger partial charge in [-0.25, -0.2) is 27.3 Å². The van der Waals surface area contributed by atoms with Crippen molar-refractivity contribution in [2.45, 2.75) is 13.0 Å². The van der Waals surface area contributed by atoms with Gasteiger partial charge in [0, 0.05) is 36.9 Å². The van der Waals surface area contributed by atoms with Crippen LogP contribution >= 0.6 is 0 Å². The predicted octanol–water partition coefficient (Wildman–Crippen LogP) is 1.78. The monoisotopic (exact) mass is 412 g/mol. The van der Waals surface area contributed by atoms with Crippen LogP contribution in [0.25, 0.3) is 28.1 Å². The van der Waals surface area contributed by atoms with Crippen molar-refractivity contribution in [1.29, 1.82) is 0 Å². The van der Waals surface area contributed by atoms with Gasteiger partial charge in [-0.05, 0) is 25.1 Å². The fraction of sp³-hybridized carbons (Fsp3) is 0.316. The molecule has 5 rings (SSSR count). The number of pyridine rings is 1. The molecule has 0 bridgehead atoms. The van der Waals surface area contributed by atoms with Crippen molar-refractivity contribution in [3.8, 4) is 11.4 Å². The van der Waals surface area contributed by atoms with E-state index in [9.17, 15) is 8.42 Å². The minimum Gasteiger partial charge on any atom is -0.377 e. The SMILES string of the molecule is C[C@@H]1COCCN1c1nc(-c2ccc3nccn3c2)nc2c1ccn2S(C)(=O)=O. The number of anilines is 1. The van der Waals surface area contributed by atoms with Crippen LogP contribution in [0.15, 0.2) is 43.0 Å². The van der Waals surface area contributed by atoms with E-state index in [0.29, 0.717) is 42.4 Å². The summed E-state index contributed by atoms with van der Waals surface area (Å²) >= 11 is 0. The molecule has 5 heterocycles. The first kappa shape index (κ1) is 18.1. The zero-order valence-corrected chi connectivity index (χ0v) is 16.9. The highest BCUT2D eigenvalue weighted by atomic mass is 32.2. The average molecular weight is 412 g/mol. The summed E-state index contributed by atoms with van der Waals surface area (Å²) in [5.41, 5.74) is 1.97. The molecule has 0 aliphatic carbocycles. The third kappa shape index (κ3) is 3.04. The van der Waals surface area contributed by atoms with E-state index in [1.165, 1.54) is 16.4 Å². The molecule has 0 amide bonds. The number of fused-ring (bicyclic) bond motifs is 2. The fourth-order valence-electron chi connectivity index (χ4n) is 3.69. The summed E-state index contributed by atoms with van der Waals surface area (Å²) in [4.78, 5) is 15.9. The summed E-state index contributed by atoms with van der Waals surface area (Å²) in [7, 11) is -3.50. The van der Waals surface area contributed by atoms with E-state index in [-0.39, 0.29) is 6.04 Å². The molecule has 0 saturated carbocycles. The molecule has 1 fully saturated rings. The van der Waals surface area contributed by atoms with Gasteiger partial charge in [0.25, 0.3) is 0 Å². The molecular formula is C19H20N6O3S. The van der Waals surface area contributed by atoms with E-state index in [1.54, 1.807) is 12.3 Å². The highest BCUT2D eigenvalue weighted by molar-refractivity contribution is 7.89. The van der Waals surface area contributed by atoms with Gasteiger partial charge >= 0.3 is 0 Å². The Balaban J connectivity index is 1.77. The fourth-order valence-corrected chi connectivity index (χ4v) is 4.42. The molecule has 4 aromatic rings.